The van der Waals surface area contributed by atoms with Crippen LogP contribution in [0.2, 0.25) is 0 Å². The Morgan fingerprint density at radius 2 is 2.57 bits per heavy atom. The van der Waals surface area contributed by atoms with E-state index < -0.39 is 6.09 Å². The molecule has 0 radical (unpaired) electrons. The first-order valence-electron chi connectivity index (χ1n) is 4.33. The molecule has 0 aliphatic carbocycles. The first-order chi connectivity index (χ1) is 6.79. The highest BCUT2D eigenvalue weighted by atomic mass is 32.1. The van der Waals surface area contributed by atoms with Crippen molar-refractivity contribution in [3.05, 3.63) is 11.6 Å². The lowest BCUT2D eigenvalue weighted by molar-refractivity contribution is 0.160. The zero-order valence-electron chi connectivity index (χ0n) is 7.97. The SMILES string of the molecule is CCOC(=O)N(CCN)c1nccs1. The summed E-state index contributed by atoms with van der Waals surface area (Å²) in [7, 11) is 0. The van der Waals surface area contributed by atoms with Crippen LogP contribution < -0.4 is 10.6 Å². The molecule has 6 heteroatoms. The van der Waals surface area contributed by atoms with Crippen LogP contribution in [0.4, 0.5) is 9.93 Å². The average molecular weight is 215 g/mol. The van der Waals surface area contributed by atoms with E-state index in [0.29, 0.717) is 24.8 Å². The first kappa shape index (κ1) is 10.9. The number of carbonyl (C=O) groups excluding carboxylic acids is 1. The van der Waals surface area contributed by atoms with Gasteiger partial charge >= 0.3 is 6.09 Å². The second-order valence-corrected chi connectivity index (χ2v) is 3.33. The summed E-state index contributed by atoms with van der Waals surface area (Å²) in [4.78, 5) is 16.9. The van der Waals surface area contributed by atoms with Gasteiger partial charge in [0.1, 0.15) is 0 Å². The van der Waals surface area contributed by atoms with Crippen LogP contribution in [-0.2, 0) is 4.74 Å². The molecule has 1 aromatic rings. The van der Waals surface area contributed by atoms with Gasteiger partial charge in [0.25, 0.3) is 0 Å². The summed E-state index contributed by atoms with van der Waals surface area (Å²) in [6, 6.07) is 0. The Hall–Kier alpha value is -1.14. The molecular weight excluding hydrogens is 202 g/mol. The summed E-state index contributed by atoms with van der Waals surface area (Å²) >= 11 is 1.38. The van der Waals surface area contributed by atoms with E-state index in [4.69, 9.17) is 10.5 Å². The van der Waals surface area contributed by atoms with Gasteiger partial charge < -0.3 is 10.5 Å². The van der Waals surface area contributed by atoms with Gasteiger partial charge in [0, 0.05) is 24.7 Å². The van der Waals surface area contributed by atoms with Gasteiger partial charge in [-0.15, -0.1) is 11.3 Å². The molecular formula is C8H13N3O2S. The molecule has 0 bridgehead atoms. The Kier molecular flexibility index (Phi) is 4.34. The zero-order valence-corrected chi connectivity index (χ0v) is 8.79. The normalized spacial score (nSPS) is 9.86. The van der Waals surface area contributed by atoms with Crippen molar-refractivity contribution in [3.8, 4) is 0 Å². The molecule has 0 fully saturated rings. The van der Waals surface area contributed by atoms with Gasteiger partial charge in [-0.2, -0.15) is 0 Å². The third-order valence-electron chi connectivity index (χ3n) is 1.49. The molecule has 1 rings (SSSR count). The molecule has 0 spiro atoms. The van der Waals surface area contributed by atoms with E-state index >= 15 is 0 Å². The van der Waals surface area contributed by atoms with Crippen LogP contribution in [0.25, 0.3) is 0 Å². The smallest absolute Gasteiger partial charge is 0.416 e. The molecule has 0 aliphatic rings. The fraction of sp³-hybridized carbons (Fsp3) is 0.500. The van der Waals surface area contributed by atoms with Crippen LogP contribution in [0.5, 0.6) is 0 Å². The monoisotopic (exact) mass is 215 g/mol. The van der Waals surface area contributed by atoms with E-state index in [9.17, 15) is 4.79 Å². The number of hydrogen-bond acceptors (Lipinski definition) is 5. The minimum Gasteiger partial charge on any atom is -0.449 e. The average Bonchev–Trinajstić information content (AvgIpc) is 2.67. The number of thiazole rings is 1. The molecule has 5 nitrogen and oxygen atoms in total. The zero-order chi connectivity index (χ0) is 10.4. The quantitative estimate of drug-likeness (QED) is 0.815. The van der Waals surface area contributed by atoms with E-state index in [1.165, 1.54) is 16.2 Å². The Labute approximate surface area is 86.5 Å². The van der Waals surface area contributed by atoms with Gasteiger partial charge in [-0.05, 0) is 6.92 Å². The van der Waals surface area contributed by atoms with Crippen LogP contribution in [0.3, 0.4) is 0 Å². The Balaban J connectivity index is 2.69. The lowest BCUT2D eigenvalue weighted by Crippen LogP contribution is -2.35. The second kappa shape index (κ2) is 5.56. The van der Waals surface area contributed by atoms with Crippen LogP contribution in [-0.4, -0.2) is 30.8 Å². The molecule has 1 aromatic heterocycles. The maximum absolute atomic E-state index is 11.4. The third kappa shape index (κ3) is 2.68. The van der Waals surface area contributed by atoms with Gasteiger partial charge in [0.05, 0.1) is 6.61 Å². The summed E-state index contributed by atoms with van der Waals surface area (Å²) < 4.78 is 4.88. The van der Waals surface area contributed by atoms with Crippen molar-refractivity contribution in [1.29, 1.82) is 0 Å². The van der Waals surface area contributed by atoms with E-state index in [0.717, 1.165) is 0 Å². The lowest BCUT2D eigenvalue weighted by Gasteiger charge is -2.17. The number of nitrogens with zero attached hydrogens (tertiary/aromatic N) is 2. The van der Waals surface area contributed by atoms with E-state index in [-0.39, 0.29) is 0 Å². The summed E-state index contributed by atoms with van der Waals surface area (Å²) in [5.74, 6) is 0. The molecule has 2 N–H and O–H groups in total. The highest BCUT2D eigenvalue weighted by Gasteiger charge is 2.17. The molecule has 1 amide bonds. The maximum atomic E-state index is 11.4. The molecule has 0 unspecified atom stereocenters. The van der Waals surface area contributed by atoms with Crippen LogP contribution in [0.1, 0.15) is 6.92 Å². The fourth-order valence-corrected chi connectivity index (χ4v) is 1.60. The van der Waals surface area contributed by atoms with Crippen molar-refractivity contribution in [1.82, 2.24) is 4.98 Å². The van der Waals surface area contributed by atoms with Crippen molar-refractivity contribution in [2.45, 2.75) is 6.92 Å². The van der Waals surface area contributed by atoms with Crippen molar-refractivity contribution in [3.63, 3.8) is 0 Å². The van der Waals surface area contributed by atoms with Crippen LogP contribution >= 0.6 is 11.3 Å². The molecule has 1 heterocycles. The number of ether oxygens (including phenoxy) is 1. The number of rotatable bonds is 4. The Bertz CT molecular complexity index is 276. The van der Waals surface area contributed by atoms with Gasteiger partial charge in [0.15, 0.2) is 5.13 Å². The molecule has 0 aromatic carbocycles. The first-order valence-corrected chi connectivity index (χ1v) is 5.21. The van der Waals surface area contributed by atoms with Crippen molar-refractivity contribution in [2.24, 2.45) is 5.73 Å². The molecule has 0 saturated carbocycles. The number of aromatic nitrogens is 1. The summed E-state index contributed by atoms with van der Waals surface area (Å²) in [6.07, 6.45) is 1.25. The van der Waals surface area contributed by atoms with E-state index in [2.05, 4.69) is 4.98 Å². The molecule has 0 atom stereocenters. The number of hydrogen-bond donors (Lipinski definition) is 1. The van der Waals surface area contributed by atoms with Gasteiger partial charge in [0.2, 0.25) is 0 Å². The highest BCUT2D eigenvalue weighted by Crippen LogP contribution is 2.17. The van der Waals surface area contributed by atoms with Crippen LogP contribution in [0.15, 0.2) is 11.6 Å². The van der Waals surface area contributed by atoms with Gasteiger partial charge in [-0.1, -0.05) is 0 Å². The lowest BCUT2D eigenvalue weighted by atomic mass is 10.6. The standard InChI is InChI=1S/C8H13N3O2S/c1-2-13-8(12)11(5-3-9)7-10-4-6-14-7/h4,6H,2-3,5,9H2,1H3. The number of amides is 1. The summed E-state index contributed by atoms with van der Waals surface area (Å²) in [5, 5.41) is 2.42. The maximum Gasteiger partial charge on any atom is 0.416 e. The second-order valence-electron chi connectivity index (χ2n) is 2.45. The highest BCUT2D eigenvalue weighted by molar-refractivity contribution is 7.13. The van der Waals surface area contributed by atoms with Crippen molar-refractivity contribution < 1.29 is 9.53 Å². The molecule has 0 saturated heterocycles. The topological polar surface area (TPSA) is 68.5 Å². The predicted octanol–water partition coefficient (Wildman–Crippen LogP) is 1.06. The third-order valence-corrected chi connectivity index (χ3v) is 2.29. The van der Waals surface area contributed by atoms with Gasteiger partial charge in [-0.25, -0.2) is 9.78 Å². The van der Waals surface area contributed by atoms with E-state index in [1.807, 2.05) is 0 Å². The molecule has 14 heavy (non-hydrogen) atoms. The minimum absolute atomic E-state index is 0.352. The molecule has 78 valence electrons. The van der Waals surface area contributed by atoms with Crippen molar-refractivity contribution >= 4 is 22.6 Å². The summed E-state index contributed by atoms with van der Waals surface area (Å²) in [5.41, 5.74) is 5.40. The Morgan fingerprint density at radius 1 is 1.79 bits per heavy atom. The van der Waals surface area contributed by atoms with Gasteiger partial charge in [-0.3, -0.25) is 4.90 Å². The van der Waals surface area contributed by atoms with Crippen molar-refractivity contribution in [2.75, 3.05) is 24.6 Å². The fourth-order valence-electron chi connectivity index (χ4n) is 0.945. The van der Waals surface area contributed by atoms with E-state index in [1.54, 1.807) is 18.5 Å². The molecule has 0 aliphatic heterocycles. The number of anilines is 1. The number of nitrogens with two attached hydrogens (primary N) is 1. The number of carbonyl (C=O) groups is 1. The Morgan fingerprint density at radius 3 is 3.07 bits per heavy atom. The van der Waals surface area contributed by atoms with Crippen LogP contribution in [0, 0.1) is 0 Å². The minimum atomic E-state index is -0.395. The largest absolute Gasteiger partial charge is 0.449 e. The predicted molar refractivity (Wildman–Crippen MR) is 55.5 cm³/mol. The summed E-state index contributed by atoms with van der Waals surface area (Å²) in [6.45, 7) is 2.93.